The number of hydrogen-bond donors (Lipinski definition) is 0. The fourth-order valence-electron chi connectivity index (χ4n) is 2.05. The number of fused-ring (bicyclic) bond motifs is 1. The van der Waals surface area contributed by atoms with Gasteiger partial charge < -0.3 is 0 Å². The van der Waals surface area contributed by atoms with E-state index in [0.717, 1.165) is 19.3 Å². The van der Waals surface area contributed by atoms with Gasteiger partial charge >= 0.3 is 0 Å². The first-order valence-electron chi connectivity index (χ1n) is 4.05. The maximum absolute atomic E-state index is 11.2. The van der Waals surface area contributed by atoms with Crippen LogP contribution in [-0.2, 0) is 9.59 Å². The summed E-state index contributed by atoms with van der Waals surface area (Å²) in [7, 11) is 0. The number of carbonyl (C=O) groups excluding carboxylic acids is 2. The van der Waals surface area contributed by atoms with Crippen LogP contribution in [0.5, 0.6) is 0 Å². The highest BCUT2D eigenvalue weighted by molar-refractivity contribution is 6.07. The molecule has 0 saturated heterocycles. The third-order valence-corrected chi connectivity index (χ3v) is 2.66. The summed E-state index contributed by atoms with van der Waals surface area (Å²) < 4.78 is 0. The molecule has 0 aliphatic heterocycles. The van der Waals surface area contributed by atoms with Gasteiger partial charge in [0.2, 0.25) is 0 Å². The normalized spacial score (nSPS) is 36.0. The van der Waals surface area contributed by atoms with E-state index < -0.39 is 0 Å². The molecular formula is C9H10O2. The van der Waals surface area contributed by atoms with E-state index in [9.17, 15) is 9.59 Å². The van der Waals surface area contributed by atoms with Crippen molar-refractivity contribution in [1.82, 2.24) is 0 Å². The molecule has 2 atom stereocenters. The van der Waals surface area contributed by atoms with Crippen LogP contribution in [0.15, 0.2) is 12.2 Å². The molecule has 0 N–H and O–H groups in total. The summed E-state index contributed by atoms with van der Waals surface area (Å²) in [5.74, 6) is 0.388. The SMILES string of the molecule is O=C1C=CC(=O)[C@H]2CCCC12. The van der Waals surface area contributed by atoms with Crippen molar-refractivity contribution >= 4 is 11.6 Å². The molecule has 0 aromatic rings. The highest BCUT2D eigenvalue weighted by Gasteiger charge is 2.37. The zero-order valence-electron chi connectivity index (χ0n) is 6.25. The van der Waals surface area contributed by atoms with Crippen LogP contribution in [0.3, 0.4) is 0 Å². The highest BCUT2D eigenvalue weighted by atomic mass is 16.1. The van der Waals surface area contributed by atoms with Gasteiger partial charge in [-0.25, -0.2) is 0 Å². The third kappa shape index (κ3) is 0.934. The molecule has 1 saturated carbocycles. The van der Waals surface area contributed by atoms with Crippen LogP contribution in [0.4, 0.5) is 0 Å². The zero-order valence-corrected chi connectivity index (χ0v) is 6.25. The number of carbonyl (C=O) groups is 2. The molecular weight excluding hydrogens is 140 g/mol. The van der Waals surface area contributed by atoms with Crippen molar-refractivity contribution < 1.29 is 9.59 Å². The van der Waals surface area contributed by atoms with E-state index in [0.29, 0.717) is 0 Å². The molecule has 58 valence electrons. The standard InChI is InChI=1S/C9H10O2/c10-8-4-5-9(11)7-3-1-2-6(7)8/h4-7H,1-3H2/t6-,7?/m0/s1. The fraction of sp³-hybridized carbons (Fsp3) is 0.556. The molecule has 0 spiro atoms. The third-order valence-electron chi connectivity index (χ3n) is 2.66. The van der Waals surface area contributed by atoms with Crippen molar-refractivity contribution in [3.05, 3.63) is 12.2 Å². The minimum Gasteiger partial charge on any atom is -0.295 e. The topological polar surface area (TPSA) is 34.1 Å². The molecule has 0 aromatic heterocycles. The van der Waals surface area contributed by atoms with Gasteiger partial charge in [-0.05, 0) is 25.0 Å². The molecule has 1 unspecified atom stereocenters. The van der Waals surface area contributed by atoms with Crippen molar-refractivity contribution in [3.8, 4) is 0 Å². The average Bonchev–Trinajstić information content (AvgIpc) is 2.45. The van der Waals surface area contributed by atoms with Crippen LogP contribution in [0, 0.1) is 11.8 Å². The van der Waals surface area contributed by atoms with E-state index in [4.69, 9.17) is 0 Å². The van der Waals surface area contributed by atoms with Gasteiger partial charge in [-0.15, -0.1) is 0 Å². The molecule has 2 aliphatic rings. The van der Waals surface area contributed by atoms with Crippen LogP contribution >= 0.6 is 0 Å². The van der Waals surface area contributed by atoms with Crippen LogP contribution in [0.25, 0.3) is 0 Å². The molecule has 2 heteroatoms. The summed E-state index contributed by atoms with van der Waals surface area (Å²) in [4.78, 5) is 22.4. The van der Waals surface area contributed by atoms with Gasteiger partial charge in [0.15, 0.2) is 11.6 Å². The summed E-state index contributed by atoms with van der Waals surface area (Å²) in [6.07, 6.45) is 5.75. The molecule has 2 nitrogen and oxygen atoms in total. The Kier molecular flexibility index (Phi) is 1.41. The Morgan fingerprint density at radius 2 is 1.45 bits per heavy atom. The Hall–Kier alpha value is -0.920. The molecule has 0 heterocycles. The lowest BCUT2D eigenvalue weighted by Crippen LogP contribution is -2.27. The lowest BCUT2D eigenvalue weighted by Gasteiger charge is -2.17. The second kappa shape index (κ2) is 2.29. The fourth-order valence-corrected chi connectivity index (χ4v) is 2.05. The maximum atomic E-state index is 11.2. The Labute approximate surface area is 65.3 Å². The van der Waals surface area contributed by atoms with Gasteiger partial charge in [0.25, 0.3) is 0 Å². The first-order chi connectivity index (χ1) is 5.29. The van der Waals surface area contributed by atoms with Crippen LogP contribution in [-0.4, -0.2) is 11.6 Å². The summed E-state index contributed by atoms with van der Waals surface area (Å²) in [5.41, 5.74) is 0. The Morgan fingerprint density at radius 1 is 1.00 bits per heavy atom. The smallest absolute Gasteiger partial charge is 0.159 e. The first kappa shape index (κ1) is 6.77. The Morgan fingerprint density at radius 3 is 1.91 bits per heavy atom. The van der Waals surface area contributed by atoms with Crippen molar-refractivity contribution in [3.63, 3.8) is 0 Å². The monoisotopic (exact) mass is 150 g/mol. The predicted molar refractivity (Wildman–Crippen MR) is 40.0 cm³/mol. The van der Waals surface area contributed by atoms with Gasteiger partial charge in [-0.1, -0.05) is 6.42 Å². The Bertz CT molecular complexity index is 216. The van der Waals surface area contributed by atoms with E-state index in [-0.39, 0.29) is 23.4 Å². The minimum absolute atomic E-state index is 0.0347. The van der Waals surface area contributed by atoms with E-state index in [1.165, 1.54) is 12.2 Å². The molecule has 0 radical (unpaired) electrons. The van der Waals surface area contributed by atoms with E-state index in [2.05, 4.69) is 0 Å². The van der Waals surface area contributed by atoms with Gasteiger partial charge in [-0.2, -0.15) is 0 Å². The first-order valence-corrected chi connectivity index (χ1v) is 4.05. The minimum atomic E-state index is 0.0347. The van der Waals surface area contributed by atoms with Gasteiger partial charge in [0.1, 0.15) is 0 Å². The Balaban J connectivity index is 2.32. The predicted octanol–water partition coefficient (Wildman–Crippen LogP) is 1.11. The van der Waals surface area contributed by atoms with Gasteiger partial charge in [0, 0.05) is 11.8 Å². The molecule has 0 bridgehead atoms. The van der Waals surface area contributed by atoms with E-state index >= 15 is 0 Å². The summed E-state index contributed by atoms with van der Waals surface area (Å²) >= 11 is 0. The number of rotatable bonds is 0. The summed E-state index contributed by atoms with van der Waals surface area (Å²) in [6, 6.07) is 0. The van der Waals surface area contributed by atoms with Crippen LogP contribution in [0.1, 0.15) is 19.3 Å². The largest absolute Gasteiger partial charge is 0.295 e. The van der Waals surface area contributed by atoms with Crippen molar-refractivity contribution in [1.29, 1.82) is 0 Å². The quantitative estimate of drug-likeness (QED) is 0.518. The average molecular weight is 150 g/mol. The van der Waals surface area contributed by atoms with Gasteiger partial charge in [0.05, 0.1) is 0 Å². The molecule has 2 aliphatic carbocycles. The zero-order chi connectivity index (χ0) is 7.84. The van der Waals surface area contributed by atoms with Crippen molar-refractivity contribution in [2.75, 3.05) is 0 Å². The van der Waals surface area contributed by atoms with Crippen LogP contribution in [0.2, 0.25) is 0 Å². The van der Waals surface area contributed by atoms with E-state index in [1.807, 2.05) is 0 Å². The maximum Gasteiger partial charge on any atom is 0.159 e. The van der Waals surface area contributed by atoms with E-state index in [1.54, 1.807) is 0 Å². The van der Waals surface area contributed by atoms with Crippen molar-refractivity contribution in [2.45, 2.75) is 19.3 Å². The second-order valence-corrected chi connectivity index (χ2v) is 3.28. The summed E-state index contributed by atoms with van der Waals surface area (Å²) in [5, 5.41) is 0. The molecule has 2 rings (SSSR count). The lowest BCUT2D eigenvalue weighted by atomic mass is 9.84. The van der Waals surface area contributed by atoms with Crippen molar-refractivity contribution in [2.24, 2.45) is 11.8 Å². The number of allylic oxidation sites excluding steroid dienone is 2. The molecule has 0 amide bonds. The second-order valence-electron chi connectivity index (χ2n) is 3.28. The summed E-state index contributed by atoms with van der Waals surface area (Å²) in [6.45, 7) is 0. The molecule has 0 aromatic carbocycles. The number of hydrogen-bond acceptors (Lipinski definition) is 2. The van der Waals surface area contributed by atoms with Gasteiger partial charge in [-0.3, -0.25) is 9.59 Å². The molecule has 1 fully saturated rings. The highest BCUT2D eigenvalue weighted by Crippen LogP contribution is 2.35. The number of ketones is 2. The van der Waals surface area contributed by atoms with Crippen LogP contribution < -0.4 is 0 Å². The molecule has 11 heavy (non-hydrogen) atoms. The lowest BCUT2D eigenvalue weighted by molar-refractivity contribution is -0.127.